The van der Waals surface area contributed by atoms with E-state index >= 15 is 0 Å². The van der Waals surface area contributed by atoms with Gasteiger partial charge >= 0.3 is 6.18 Å². The number of hydrogen-bond donors (Lipinski definition) is 1. The van der Waals surface area contributed by atoms with Gasteiger partial charge in [0.2, 0.25) is 0 Å². The van der Waals surface area contributed by atoms with E-state index in [-0.39, 0.29) is 16.9 Å². The maximum atomic E-state index is 13.7. The molecule has 1 amide bonds. The number of carbonyl (C=O) groups is 1. The molecule has 3 rings (SSSR count). The molecular formula is C18H13F4N3O. The third kappa shape index (κ3) is 3.58. The van der Waals surface area contributed by atoms with Gasteiger partial charge in [-0.05, 0) is 48.9 Å². The predicted octanol–water partition coefficient (Wildman–Crippen LogP) is 4.59. The molecule has 134 valence electrons. The van der Waals surface area contributed by atoms with E-state index in [9.17, 15) is 22.4 Å². The first-order valence-corrected chi connectivity index (χ1v) is 7.54. The molecule has 2 aromatic carbocycles. The molecule has 0 bridgehead atoms. The number of nitrogens with one attached hydrogen (secondary N) is 1. The van der Waals surface area contributed by atoms with Crippen molar-refractivity contribution in [1.82, 2.24) is 9.78 Å². The van der Waals surface area contributed by atoms with Gasteiger partial charge in [-0.25, -0.2) is 9.07 Å². The molecule has 0 radical (unpaired) electrons. The number of carbonyl (C=O) groups excluding carboxylic acids is 1. The highest BCUT2D eigenvalue weighted by molar-refractivity contribution is 6.05. The Bertz CT molecular complexity index is 950. The van der Waals surface area contributed by atoms with Gasteiger partial charge in [-0.15, -0.1) is 0 Å². The van der Waals surface area contributed by atoms with Crippen LogP contribution in [0.5, 0.6) is 0 Å². The van der Waals surface area contributed by atoms with Crippen molar-refractivity contribution in [2.75, 3.05) is 5.32 Å². The number of anilines is 1. The van der Waals surface area contributed by atoms with Gasteiger partial charge in [0, 0.05) is 18.0 Å². The molecule has 4 nitrogen and oxygen atoms in total. The Balaban J connectivity index is 2.01. The summed E-state index contributed by atoms with van der Waals surface area (Å²) in [7, 11) is 0. The average molecular weight is 363 g/mol. The molecule has 8 heteroatoms. The maximum Gasteiger partial charge on any atom is 0.416 e. The van der Waals surface area contributed by atoms with E-state index in [2.05, 4.69) is 10.4 Å². The summed E-state index contributed by atoms with van der Waals surface area (Å²) in [6.07, 6.45) is -1.58. The van der Waals surface area contributed by atoms with Crippen LogP contribution in [-0.2, 0) is 6.18 Å². The van der Waals surface area contributed by atoms with Crippen LogP contribution >= 0.6 is 0 Å². The van der Waals surface area contributed by atoms with E-state index in [1.807, 2.05) is 0 Å². The number of nitrogens with zero attached hydrogens (tertiary/aromatic N) is 2. The molecule has 0 atom stereocenters. The van der Waals surface area contributed by atoms with Gasteiger partial charge in [-0.2, -0.15) is 18.3 Å². The number of rotatable bonds is 3. The minimum absolute atomic E-state index is 0.00285. The highest BCUT2D eigenvalue weighted by Gasteiger charge is 2.31. The van der Waals surface area contributed by atoms with Crippen LogP contribution in [0.2, 0.25) is 0 Å². The second kappa shape index (κ2) is 6.62. The molecule has 26 heavy (non-hydrogen) atoms. The number of hydrogen-bond acceptors (Lipinski definition) is 2. The minimum Gasteiger partial charge on any atom is -0.320 e. The molecule has 0 aliphatic heterocycles. The first-order valence-electron chi connectivity index (χ1n) is 7.54. The lowest BCUT2D eigenvalue weighted by Crippen LogP contribution is -2.16. The SMILES string of the molecule is Cc1ccc(C(=O)Nc2cc(C(F)(F)F)ccc2-n2cccn2)cc1F. The summed E-state index contributed by atoms with van der Waals surface area (Å²) in [6, 6.07) is 8.38. The van der Waals surface area contributed by atoms with Crippen molar-refractivity contribution >= 4 is 11.6 Å². The van der Waals surface area contributed by atoms with Gasteiger partial charge in [0.1, 0.15) is 5.82 Å². The van der Waals surface area contributed by atoms with Crippen LogP contribution in [0.1, 0.15) is 21.5 Å². The number of halogens is 4. The van der Waals surface area contributed by atoms with E-state index in [1.165, 1.54) is 35.3 Å². The van der Waals surface area contributed by atoms with Crippen LogP contribution in [0.15, 0.2) is 54.9 Å². The zero-order valence-electron chi connectivity index (χ0n) is 13.5. The fraction of sp³-hybridized carbons (Fsp3) is 0.111. The number of aromatic nitrogens is 2. The normalized spacial score (nSPS) is 11.4. The third-order valence-corrected chi connectivity index (χ3v) is 3.76. The Morgan fingerprint density at radius 3 is 2.54 bits per heavy atom. The van der Waals surface area contributed by atoms with Crippen LogP contribution in [0.4, 0.5) is 23.2 Å². The van der Waals surface area contributed by atoms with E-state index in [0.717, 1.165) is 18.2 Å². The largest absolute Gasteiger partial charge is 0.416 e. The number of aryl methyl sites for hydroxylation is 1. The van der Waals surface area contributed by atoms with Crippen LogP contribution in [-0.4, -0.2) is 15.7 Å². The Morgan fingerprint density at radius 2 is 1.92 bits per heavy atom. The minimum atomic E-state index is -4.57. The summed E-state index contributed by atoms with van der Waals surface area (Å²) < 4.78 is 54.0. The van der Waals surface area contributed by atoms with Crippen LogP contribution in [0.3, 0.4) is 0 Å². The summed E-state index contributed by atoms with van der Waals surface area (Å²) in [4.78, 5) is 12.4. The Hall–Kier alpha value is -3.16. The molecular weight excluding hydrogens is 350 g/mol. The predicted molar refractivity (Wildman–Crippen MR) is 87.7 cm³/mol. The first kappa shape index (κ1) is 17.7. The van der Waals surface area contributed by atoms with Crippen molar-refractivity contribution in [1.29, 1.82) is 0 Å². The zero-order chi connectivity index (χ0) is 18.9. The second-order valence-corrected chi connectivity index (χ2v) is 5.60. The van der Waals surface area contributed by atoms with Crippen molar-refractivity contribution in [3.63, 3.8) is 0 Å². The van der Waals surface area contributed by atoms with Crippen molar-refractivity contribution in [3.8, 4) is 5.69 Å². The van der Waals surface area contributed by atoms with Gasteiger partial charge in [-0.1, -0.05) is 6.07 Å². The summed E-state index contributed by atoms with van der Waals surface area (Å²) in [5, 5.41) is 6.38. The highest BCUT2D eigenvalue weighted by atomic mass is 19.4. The third-order valence-electron chi connectivity index (χ3n) is 3.76. The topological polar surface area (TPSA) is 46.9 Å². The molecule has 0 spiro atoms. The molecule has 0 unspecified atom stereocenters. The average Bonchev–Trinajstić information content (AvgIpc) is 3.10. The highest BCUT2D eigenvalue weighted by Crippen LogP contribution is 2.33. The van der Waals surface area contributed by atoms with Crippen molar-refractivity contribution in [2.45, 2.75) is 13.1 Å². The van der Waals surface area contributed by atoms with E-state index in [0.29, 0.717) is 5.56 Å². The lowest BCUT2D eigenvalue weighted by molar-refractivity contribution is -0.137. The van der Waals surface area contributed by atoms with Gasteiger partial charge in [0.15, 0.2) is 0 Å². The molecule has 0 aliphatic rings. The lowest BCUT2D eigenvalue weighted by atomic mass is 10.1. The fourth-order valence-electron chi connectivity index (χ4n) is 2.35. The summed E-state index contributed by atoms with van der Waals surface area (Å²) >= 11 is 0. The van der Waals surface area contributed by atoms with Crippen molar-refractivity contribution < 1.29 is 22.4 Å². The molecule has 0 aliphatic carbocycles. The summed E-state index contributed by atoms with van der Waals surface area (Å²) in [5.74, 6) is -1.30. The maximum absolute atomic E-state index is 13.7. The Morgan fingerprint density at radius 1 is 1.15 bits per heavy atom. The fourth-order valence-corrected chi connectivity index (χ4v) is 2.35. The standard InChI is InChI=1S/C18H13F4N3O/c1-11-3-4-12(9-14(11)19)17(26)24-15-10-13(18(20,21)22)5-6-16(15)25-8-2-7-23-25/h2-10H,1H3,(H,24,26). The van der Waals surface area contributed by atoms with E-state index in [1.54, 1.807) is 13.0 Å². The van der Waals surface area contributed by atoms with E-state index < -0.39 is 23.5 Å². The molecule has 0 saturated heterocycles. The smallest absolute Gasteiger partial charge is 0.320 e. The van der Waals surface area contributed by atoms with Crippen LogP contribution in [0, 0.1) is 12.7 Å². The number of alkyl halides is 3. The quantitative estimate of drug-likeness (QED) is 0.692. The Labute approximate surface area is 146 Å². The Kier molecular flexibility index (Phi) is 4.50. The van der Waals surface area contributed by atoms with Crippen molar-refractivity contribution in [3.05, 3.63) is 77.4 Å². The number of amides is 1. The summed E-state index contributed by atoms with van der Waals surface area (Å²) in [6.45, 7) is 1.54. The second-order valence-electron chi connectivity index (χ2n) is 5.60. The van der Waals surface area contributed by atoms with Gasteiger partial charge in [0.25, 0.3) is 5.91 Å². The van der Waals surface area contributed by atoms with Gasteiger partial charge < -0.3 is 5.32 Å². The first-order chi connectivity index (χ1) is 12.3. The van der Waals surface area contributed by atoms with Crippen molar-refractivity contribution in [2.24, 2.45) is 0 Å². The molecule has 3 aromatic rings. The van der Waals surface area contributed by atoms with Crippen LogP contribution in [0.25, 0.3) is 5.69 Å². The molecule has 0 saturated carbocycles. The monoisotopic (exact) mass is 363 g/mol. The molecule has 1 heterocycles. The zero-order valence-corrected chi connectivity index (χ0v) is 13.5. The molecule has 1 N–H and O–H groups in total. The van der Waals surface area contributed by atoms with Gasteiger partial charge in [0.05, 0.1) is 16.9 Å². The summed E-state index contributed by atoms with van der Waals surface area (Å²) in [5.41, 5.74) is -0.396. The lowest BCUT2D eigenvalue weighted by Gasteiger charge is -2.15. The molecule has 0 fully saturated rings. The van der Waals surface area contributed by atoms with Gasteiger partial charge in [-0.3, -0.25) is 4.79 Å². The molecule has 1 aromatic heterocycles. The number of benzene rings is 2. The van der Waals surface area contributed by atoms with Crippen LogP contribution < -0.4 is 5.32 Å². The van der Waals surface area contributed by atoms with E-state index in [4.69, 9.17) is 0 Å².